The molecule has 0 aliphatic heterocycles. The molecule has 0 unspecified atom stereocenters. The fourth-order valence-corrected chi connectivity index (χ4v) is 1.99. The molecule has 0 aliphatic carbocycles. The molecule has 24 heavy (non-hydrogen) atoms. The number of hydrogen-bond acceptors (Lipinski definition) is 3. The Morgan fingerprint density at radius 2 is 1.62 bits per heavy atom. The molecule has 0 aromatic heterocycles. The molecule has 2 amide bonds. The number of benzene rings is 1. The predicted molar refractivity (Wildman–Crippen MR) is 82.4 cm³/mol. The van der Waals surface area contributed by atoms with Crippen LogP contribution in [0.5, 0.6) is 5.75 Å². The zero-order valence-corrected chi connectivity index (χ0v) is 13.2. The summed E-state index contributed by atoms with van der Waals surface area (Å²) in [5.41, 5.74) is 0.994. The summed E-state index contributed by atoms with van der Waals surface area (Å²) in [6.07, 6.45) is -2.41. The normalized spacial score (nSPS) is 11.1. The van der Waals surface area contributed by atoms with Crippen LogP contribution in [0.15, 0.2) is 24.3 Å². The van der Waals surface area contributed by atoms with Crippen LogP contribution in [0.25, 0.3) is 0 Å². The molecule has 1 aromatic rings. The van der Waals surface area contributed by atoms with Gasteiger partial charge in [-0.1, -0.05) is 18.6 Å². The third-order valence-electron chi connectivity index (χ3n) is 3.30. The summed E-state index contributed by atoms with van der Waals surface area (Å²) in [6.45, 7) is 0.423. The van der Waals surface area contributed by atoms with Crippen molar-refractivity contribution in [3.05, 3.63) is 29.8 Å². The van der Waals surface area contributed by atoms with E-state index in [2.05, 4.69) is 5.32 Å². The van der Waals surface area contributed by atoms with Crippen molar-refractivity contribution in [3.8, 4) is 5.75 Å². The van der Waals surface area contributed by atoms with Crippen LogP contribution in [0.4, 0.5) is 13.2 Å². The van der Waals surface area contributed by atoms with Gasteiger partial charge in [-0.25, -0.2) is 0 Å². The first-order valence-electron chi connectivity index (χ1n) is 7.68. The molecule has 134 valence electrons. The molecule has 5 nitrogen and oxygen atoms in total. The maximum Gasteiger partial charge on any atom is 0.471 e. The topological polar surface area (TPSA) is 78.4 Å². The van der Waals surface area contributed by atoms with Gasteiger partial charge >= 0.3 is 12.1 Å². The number of alkyl halides is 3. The van der Waals surface area contributed by atoms with Gasteiger partial charge in [-0.2, -0.15) is 13.2 Å². The number of halogens is 3. The Morgan fingerprint density at radius 3 is 2.25 bits per heavy atom. The van der Waals surface area contributed by atoms with Gasteiger partial charge in [0, 0.05) is 19.5 Å². The number of unbranched alkanes of at least 4 members (excludes halogenated alkanes) is 2. The second-order valence-corrected chi connectivity index (χ2v) is 5.33. The molecular formula is C16H21F3N2O3. The molecule has 0 saturated carbocycles. The van der Waals surface area contributed by atoms with E-state index in [4.69, 9.17) is 5.11 Å². The highest BCUT2D eigenvalue weighted by Gasteiger charge is 2.38. The molecule has 0 spiro atoms. The largest absolute Gasteiger partial charge is 0.508 e. The SMILES string of the molecule is O=C(CCCCCNC(=O)C(F)(F)F)NCCc1ccc(O)cc1. The molecule has 0 saturated heterocycles. The van der Waals surface area contributed by atoms with Gasteiger partial charge in [-0.3, -0.25) is 9.59 Å². The van der Waals surface area contributed by atoms with Crippen molar-refractivity contribution >= 4 is 11.8 Å². The first kappa shape index (κ1) is 19.8. The lowest BCUT2D eigenvalue weighted by Crippen LogP contribution is -2.37. The first-order chi connectivity index (χ1) is 11.3. The Kier molecular flexibility index (Phi) is 8.08. The van der Waals surface area contributed by atoms with Crippen molar-refractivity contribution in [2.45, 2.75) is 38.3 Å². The van der Waals surface area contributed by atoms with Crippen LogP contribution in [0.3, 0.4) is 0 Å². The molecule has 0 heterocycles. The average molecular weight is 346 g/mol. The third kappa shape index (κ3) is 8.40. The molecule has 0 radical (unpaired) electrons. The summed E-state index contributed by atoms with van der Waals surface area (Å²) in [4.78, 5) is 22.1. The maximum absolute atomic E-state index is 11.9. The number of phenolic OH excluding ortho intramolecular Hbond substituents is 1. The summed E-state index contributed by atoms with van der Waals surface area (Å²) in [5.74, 6) is -1.86. The van der Waals surface area contributed by atoms with E-state index >= 15 is 0 Å². The maximum atomic E-state index is 11.9. The summed E-state index contributed by atoms with van der Waals surface area (Å²) in [7, 11) is 0. The van der Waals surface area contributed by atoms with Gasteiger partial charge in [0.05, 0.1) is 0 Å². The van der Waals surface area contributed by atoms with E-state index < -0.39 is 12.1 Å². The van der Waals surface area contributed by atoms with Crippen molar-refractivity contribution < 1.29 is 27.9 Å². The zero-order chi connectivity index (χ0) is 18.0. The van der Waals surface area contributed by atoms with Gasteiger partial charge in [0.15, 0.2) is 0 Å². The third-order valence-corrected chi connectivity index (χ3v) is 3.30. The number of carbonyl (C=O) groups is 2. The minimum Gasteiger partial charge on any atom is -0.508 e. The summed E-state index contributed by atoms with van der Waals surface area (Å²) >= 11 is 0. The van der Waals surface area contributed by atoms with Crippen molar-refractivity contribution in [1.82, 2.24) is 10.6 Å². The van der Waals surface area contributed by atoms with Crippen LogP contribution in [-0.2, 0) is 16.0 Å². The second kappa shape index (κ2) is 9.79. The first-order valence-corrected chi connectivity index (χ1v) is 7.68. The minimum atomic E-state index is -4.85. The van der Waals surface area contributed by atoms with Crippen molar-refractivity contribution in [1.29, 1.82) is 0 Å². The van der Waals surface area contributed by atoms with Crippen LogP contribution in [0.2, 0.25) is 0 Å². The van der Waals surface area contributed by atoms with E-state index in [1.54, 1.807) is 29.6 Å². The summed E-state index contributed by atoms with van der Waals surface area (Å²) in [6, 6.07) is 6.71. The fourth-order valence-electron chi connectivity index (χ4n) is 1.99. The smallest absolute Gasteiger partial charge is 0.471 e. The Bertz CT molecular complexity index is 530. The van der Waals surface area contributed by atoms with E-state index in [9.17, 15) is 22.8 Å². The number of phenols is 1. The van der Waals surface area contributed by atoms with Gasteiger partial charge in [0.25, 0.3) is 0 Å². The second-order valence-electron chi connectivity index (χ2n) is 5.33. The summed E-state index contributed by atoms with van der Waals surface area (Å²) in [5, 5.41) is 13.7. The zero-order valence-electron chi connectivity index (χ0n) is 13.2. The Morgan fingerprint density at radius 1 is 0.958 bits per heavy atom. The highest BCUT2D eigenvalue weighted by atomic mass is 19.4. The lowest BCUT2D eigenvalue weighted by atomic mass is 10.1. The molecule has 8 heteroatoms. The highest BCUT2D eigenvalue weighted by molar-refractivity contribution is 5.81. The van der Waals surface area contributed by atoms with Crippen LogP contribution < -0.4 is 10.6 Å². The lowest BCUT2D eigenvalue weighted by molar-refractivity contribution is -0.173. The van der Waals surface area contributed by atoms with Gasteiger partial charge in [0.2, 0.25) is 5.91 Å². The Balaban J connectivity index is 2.02. The van der Waals surface area contributed by atoms with Crippen molar-refractivity contribution in [3.63, 3.8) is 0 Å². The van der Waals surface area contributed by atoms with Crippen LogP contribution >= 0.6 is 0 Å². The molecule has 3 N–H and O–H groups in total. The van der Waals surface area contributed by atoms with Crippen LogP contribution in [0.1, 0.15) is 31.2 Å². The number of rotatable bonds is 9. The van der Waals surface area contributed by atoms with E-state index in [-0.39, 0.29) is 18.2 Å². The number of carbonyl (C=O) groups excluding carboxylic acids is 2. The number of aromatic hydroxyl groups is 1. The monoisotopic (exact) mass is 346 g/mol. The lowest BCUT2D eigenvalue weighted by Gasteiger charge is -2.08. The van der Waals surface area contributed by atoms with E-state index in [0.717, 1.165) is 5.56 Å². The summed E-state index contributed by atoms with van der Waals surface area (Å²) < 4.78 is 35.7. The molecule has 0 fully saturated rings. The predicted octanol–water partition coefficient (Wildman–Crippen LogP) is 2.29. The van der Waals surface area contributed by atoms with Crippen LogP contribution in [-0.4, -0.2) is 36.2 Å². The highest BCUT2D eigenvalue weighted by Crippen LogP contribution is 2.14. The van der Waals surface area contributed by atoms with Crippen molar-refractivity contribution in [2.24, 2.45) is 0 Å². The molecular weight excluding hydrogens is 325 g/mol. The average Bonchev–Trinajstić information content (AvgIpc) is 2.51. The molecule has 1 rings (SSSR count). The molecule has 0 aliphatic rings. The standard InChI is InChI=1S/C16H21F3N2O3/c17-16(18,19)15(24)21-10-3-1-2-4-14(23)20-11-9-12-5-7-13(22)8-6-12/h5-8,22H,1-4,9-11H2,(H,20,23)(H,21,24). The van der Waals surface area contributed by atoms with Gasteiger partial charge in [-0.05, 0) is 37.0 Å². The van der Waals surface area contributed by atoms with Crippen molar-refractivity contribution in [2.75, 3.05) is 13.1 Å². The number of nitrogens with one attached hydrogen (secondary N) is 2. The van der Waals surface area contributed by atoms with E-state index in [1.165, 1.54) is 0 Å². The quantitative estimate of drug-likeness (QED) is 0.600. The van der Waals surface area contributed by atoms with Crippen LogP contribution in [0, 0.1) is 0 Å². The van der Waals surface area contributed by atoms with E-state index in [0.29, 0.717) is 38.6 Å². The molecule has 0 atom stereocenters. The Hall–Kier alpha value is -2.25. The van der Waals surface area contributed by atoms with Gasteiger partial charge in [0.1, 0.15) is 5.75 Å². The number of hydrogen-bond donors (Lipinski definition) is 3. The Labute approximate surface area is 138 Å². The minimum absolute atomic E-state index is 0.0547. The number of amides is 2. The molecule has 1 aromatic carbocycles. The molecule has 0 bridgehead atoms. The van der Waals surface area contributed by atoms with Gasteiger partial charge < -0.3 is 15.7 Å². The van der Waals surface area contributed by atoms with Gasteiger partial charge in [-0.15, -0.1) is 0 Å². The van der Waals surface area contributed by atoms with E-state index in [1.807, 2.05) is 0 Å². The fraction of sp³-hybridized carbons (Fsp3) is 0.500.